The van der Waals surface area contributed by atoms with Crippen molar-refractivity contribution < 1.29 is 10.2 Å². The molecule has 1 fully saturated rings. The van der Waals surface area contributed by atoms with Gasteiger partial charge in [0, 0.05) is 5.41 Å². The van der Waals surface area contributed by atoms with Crippen LogP contribution in [0.1, 0.15) is 32.1 Å². The average Bonchev–Trinajstić information content (AvgIpc) is 2.20. The summed E-state index contributed by atoms with van der Waals surface area (Å²) in [6.07, 6.45) is 7.69. The summed E-state index contributed by atoms with van der Waals surface area (Å²) in [6, 6.07) is 0. The van der Waals surface area contributed by atoms with Crippen LogP contribution in [-0.4, -0.2) is 22.4 Å². The molecule has 0 aromatic heterocycles. The number of hydrogen-bond acceptors (Lipinski definition) is 2. The van der Waals surface area contributed by atoms with E-state index in [2.05, 4.69) is 6.58 Å². The second-order valence-electron chi connectivity index (χ2n) is 4.52. The molecule has 0 aromatic carbocycles. The maximum atomic E-state index is 9.67. The fourth-order valence-corrected chi connectivity index (χ4v) is 2.78. The van der Waals surface area contributed by atoms with E-state index in [1.54, 1.807) is 0 Å². The lowest BCUT2D eigenvalue weighted by Crippen LogP contribution is -2.39. The van der Waals surface area contributed by atoms with Crippen LogP contribution in [0.5, 0.6) is 0 Å². The Morgan fingerprint density at radius 2 is 2.21 bits per heavy atom. The quantitative estimate of drug-likeness (QED) is 0.625. The third kappa shape index (κ3) is 1.43. The van der Waals surface area contributed by atoms with Crippen molar-refractivity contribution in [3.05, 3.63) is 24.3 Å². The SMILES string of the molecule is C=CC12CCCCC1=CC(O)C(O)C2. The van der Waals surface area contributed by atoms with Crippen LogP contribution in [0.3, 0.4) is 0 Å². The molecule has 0 aromatic rings. The van der Waals surface area contributed by atoms with Gasteiger partial charge in [-0.2, -0.15) is 0 Å². The zero-order valence-corrected chi connectivity index (χ0v) is 8.45. The Bertz CT molecular complexity index is 269. The molecule has 2 heteroatoms. The second-order valence-corrected chi connectivity index (χ2v) is 4.52. The first-order valence-corrected chi connectivity index (χ1v) is 5.39. The molecular formula is C12H18O2. The van der Waals surface area contributed by atoms with Gasteiger partial charge in [-0.1, -0.05) is 24.1 Å². The van der Waals surface area contributed by atoms with Crippen LogP contribution in [0.2, 0.25) is 0 Å². The zero-order valence-electron chi connectivity index (χ0n) is 8.45. The highest BCUT2D eigenvalue weighted by molar-refractivity contribution is 5.28. The highest BCUT2D eigenvalue weighted by Gasteiger charge is 2.40. The summed E-state index contributed by atoms with van der Waals surface area (Å²) in [4.78, 5) is 0. The van der Waals surface area contributed by atoms with Gasteiger partial charge in [0.25, 0.3) is 0 Å². The molecule has 2 N–H and O–H groups in total. The van der Waals surface area contributed by atoms with E-state index in [4.69, 9.17) is 0 Å². The lowest BCUT2D eigenvalue weighted by Gasteiger charge is -2.43. The van der Waals surface area contributed by atoms with E-state index in [1.807, 2.05) is 12.2 Å². The molecule has 2 aliphatic carbocycles. The Morgan fingerprint density at radius 1 is 1.43 bits per heavy atom. The maximum absolute atomic E-state index is 9.67. The number of aliphatic hydroxyl groups excluding tert-OH is 2. The highest BCUT2D eigenvalue weighted by atomic mass is 16.3. The summed E-state index contributed by atoms with van der Waals surface area (Å²) in [7, 11) is 0. The summed E-state index contributed by atoms with van der Waals surface area (Å²) in [5, 5.41) is 19.2. The summed E-state index contributed by atoms with van der Waals surface area (Å²) in [6.45, 7) is 3.89. The van der Waals surface area contributed by atoms with E-state index >= 15 is 0 Å². The van der Waals surface area contributed by atoms with E-state index in [-0.39, 0.29) is 5.41 Å². The van der Waals surface area contributed by atoms with Crippen LogP contribution >= 0.6 is 0 Å². The van der Waals surface area contributed by atoms with Gasteiger partial charge in [-0.05, 0) is 25.7 Å². The number of rotatable bonds is 1. The van der Waals surface area contributed by atoms with Crippen molar-refractivity contribution in [3.63, 3.8) is 0 Å². The molecule has 1 saturated carbocycles. The molecule has 14 heavy (non-hydrogen) atoms. The monoisotopic (exact) mass is 194 g/mol. The molecule has 0 aliphatic heterocycles. The van der Waals surface area contributed by atoms with Crippen molar-refractivity contribution >= 4 is 0 Å². The molecule has 3 unspecified atom stereocenters. The average molecular weight is 194 g/mol. The van der Waals surface area contributed by atoms with Crippen molar-refractivity contribution in [2.45, 2.75) is 44.3 Å². The van der Waals surface area contributed by atoms with Gasteiger partial charge in [-0.25, -0.2) is 0 Å². The third-order valence-corrected chi connectivity index (χ3v) is 3.69. The molecule has 0 bridgehead atoms. The molecule has 2 aliphatic rings. The standard InChI is InChI=1S/C12H18O2/c1-2-12-6-4-3-5-9(12)7-10(13)11(14)8-12/h2,7,10-11,13-14H,1,3-6,8H2. The van der Waals surface area contributed by atoms with Crippen molar-refractivity contribution in [2.24, 2.45) is 5.41 Å². The molecule has 0 heterocycles. The molecule has 0 amide bonds. The third-order valence-electron chi connectivity index (χ3n) is 3.69. The number of hydrogen-bond donors (Lipinski definition) is 2. The normalized spacial score (nSPS) is 42.6. The smallest absolute Gasteiger partial charge is 0.0983 e. The predicted molar refractivity (Wildman–Crippen MR) is 55.8 cm³/mol. The first kappa shape index (κ1) is 9.94. The first-order chi connectivity index (χ1) is 6.68. The van der Waals surface area contributed by atoms with Gasteiger partial charge in [-0.15, -0.1) is 6.58 Å². The Kier molecular flexibility index (Phi) is 2.50. The van der Waals surface area contributed by atoms with E-state index in [1.165, 1.54) is 18.4 Å². The van der Waals surface area contributed by atoms with Crippen molar-refractivity contribution in [1.29, 1.82) is 0 Å². The molecule has 0 spiro atoms. The molecule has 78 valence electrons. The molecule has 2 nitrogen and oxygen atoms in total. The highest BCUT2D eigenvalue weighted by Crippen LogP contribution is 2.48. The number of allylic oxidation sites excluding steroid dienone is 2. The van der Waals surface area contributed by atoms with Gasteiger partial charge in [-0.3, -0.25) is 0 Å². The van der Waals surface area contributed by atoms with Crippen LogP contribution in [-0.2, 0) is 0 Å². The number of aliphatic hydroxyl groups is 2. The molecule has 3 atom stereocenters. The van der Waals surface area contributed by atoms with E-state index in [9.17, 15) is 10.2 Å². The minimum absolute atomic E-state index is 0.0170. The lowest BCUT2D eigenvalue weighted by atomic mass is 9.64. The molecule has 0 radical (unpaired) electrons. The minimum Gasteiger partial charge on any atom is -0.390 e. The van der Waals surface area contributed by atoms with Crippen LogP contribution in [0, 0.1) is 5.41 Å². The summed E-state index contributed by atoms with van der Waals surface area (Å²) in [5.74, 6) is 0. The van der Waals surface area contributed by atoms with Crippen molar-refractivity contribution in [2.75, 3.05) is 0 Å². The topological polar surface area (TPSA) is 40.5 Å². The van der Waals surface area contributed by atoms with Crippen molar-refractivity contribution in [1.82, 2.24) is 0 Å². The van der Waals surface area contributed by atoms with Gasteiger partial charge in [0.15, 0.2) is 0 Å². The predicted octanol–water partition coefficient (Wildman–Crippen LogP) is 1.78. The van der Waals surface area contributed by atoms with Crippen LogP contribution in [0.25, 0.3) is 0 Å². The van der Waals surface area contributed by atoms with Crippen LogP contribution in [0.4, 0.5) is 0 Å². The fourth-order valence-electron chi connectivity index (χ4n) is 2.78. The van der Waals surface area contributed by atoms with Gasteiger partial charge in [0.2, 0.25) is 0 Å². The van der Waals surface area contributed by atoms with Crippen molar-refractivity contribution in [3.8, 4) is 0 Å². The zero-order chi connectivity index (χ0) is 10.2. The van der Waals surface area contributed by atoms with E-state index < -0.39 is 12.2 Å². The summed E-state index contributed by atoms with van der Waals surface area (Å²) < 4.78 is 0. The van der Waals surface area contributed by atoms with Gasteiger partial charge < -0.3 is 10.2 Å². The fraction of sp³-hybridized carbons (Fsp3) is 0.667. The van der Waals surface area contributed by atoms with Crippen LogP contribution < -0.4 is 0 Å². The molecule has 0 saturated heterocycles. The summed E-state index contributed by atoms with van der Waals surface area (Å²) >= 11 is 0. The molecular weight excluding hydrogens is 176 g/mol. The maximum Gasteiger partial charge on any atom is 0.0983 e. The Balaban J connectivity index is 2.33. The first-order valence-electron chi connectivity index (χ1n) is 5.39. The second kappa shape index (κ2) is 3.52. The van der Waals surface area contributed by atoms with Crippen LogP contribution in [0.15, 0.2) is 24.3 Å². The summed E-state index contributed by atoms with van der Waals surface area (Å²) in [5.41, 5.74) is 1.27. The van der Waals surface area contributed by atoms with Gasteiger partial charge >= 0.3 is 0 Å². The Labute approximate surface area is 85.0 Å². The Hall–Kier alpha value is -0.600. The number of fused-ring (bicyclic) bond motifs is 1. The minimum atomic E-state index is -0.670. The Morgan fingerprint density at radius 3 is 2.93 bits per heavy atom. The molecule has 2 rings (SSSR count). The van der Waals surface area contributed by atoms with E-state index in [0.717, 1.165) is 12.8 Å². The van der Waals surface area contributed by atoms with Gasteiger partial charge in [0.1, 0.15) is 0 Å². The van der Waals surface area contributed by atoms with E-state index in [0.29, 0.717) is 6.42 Å². The largest absolute Gasteiger partial charge is 0.390 e. The lowest BCUT2D eigenvalue weighted by molar-refractivity contribution is 0.01000. The van der Waals surface area contributed by atoms with Gasteiger partial charge in [0.05, 0.1) is 12.2 Å².